The first kappa shape index (κ1) is 10.6. The van der Waals surface area contributed by atoms with Crippen LogP contribution in [0.1, 0.15) is 40.0 Å². The molecule has 0 heteroatoms. The van der Waals surface area contributed by atoms with Crippen LogP contribution in [0.5, 0.6) is 0 Å². The molecule has 0 spiro atoms. The van der Waals surface area contributed by atoms with Gasteiger partial charge in [-0.1, -0.05) is 51.5 Å². The van der Waals surface area contributed by atoms with Gasteiger partial charge in [0.25, 0.3) is 0 Å². The average Bonchev–Trinajstić information content (AvgIpc) is 2.36. The Balaban J connectivity index is 2.77. The summed E-state index contributed by atoms with van der Waals surface area (Å²) in [7, 11) is 0. The van der Waals surface area contributed by atoms with Crippen LogP contribution in [0.2, 0.25) is 0 Å². The number of hydrogen-bond acceptors (Lipinski definition) is 0. The average molecular weight is 178 g/mol. The molecule has 0 saturated heterocycles. The van der Waals surface area contributed by atoms with E-state index in [4.69, 9.17) is 0 Å². The van der Waals surface area contributed by atoms with E-state index in [1.807, 2.05) is 0 Å². The van der Waals surface area contributed by atoms with Gasteiger partial charge in [0.2, 0.25) is 0 Å². The molecule has 1 rings (SSSR count). The van der Waals surface area contributed by atoms with Crippen molar-refractivity contribution in [2.45, 2.75) is 40.0 Å². The molecule has 13 heavy (non-hydrogen) atoms. The third kappa shape index (κ3) is 2.04. The second-order valence-electron chi connectivity index (χ2n) is 4.61. The summed E-state index contributed by atoms with van der Waals surface area (Å²) >= 11 is 0. The Kier molecular flexibility index (Phi) is 3.35. The Labute approximate surface area is 82.7 Å². The van der Waals surface area contributed by atoms with Crippen molar-refractivity contribution in [3.8, 4) is 0 Å². The highest BCUT2D eigenvalue weighted by atomic mass is 14.4. The molecule has 0 aromatic carbocycles. The highest BCUT2D eigenvalue weighted by Crippen LogP contribution is 2.42. The minimum absolute atomic E-state index is 0.616. The van der Waals surface area contributed by atoms with E-state index in [9.17, 15) is 0 Å². The lowest BCUT2D eigenvalue weighted by molar-refractivity contribution is 0.312. The first-order chi connectivity index (χ1) is 6.07. The molecule has 1 aliphatic carbocycles. The van der Waals surface area contributed by atoms with Crippen LogP contribution in [0, 0.1) is 17.8 Å². The lowest BCUT2D eigenvalue weighted by atomic mass is 9.77. The molecule has 1 unspecified atom stereocenters. The molecule has 0 aromatic rings. The van der Waals surface area contributed by atoms with E-state index in [1.54, 1.807) is 0 Å². The van der Waals surface area contributed by atoms with Crippen LogP contribution in [0.15, 0.2) is 24.3 Å². The van der Waals surface area contributed by atoms with Crippen molar-refractivity contribution >= 4 is 0 Å². The van der Waals surface area contributed by atoms with Crippen molar-refractivity contribution < 1.29 is 0 Å². The van der Waals surface area contributed by atoms with Gasteiger partial charge >= 0.3 is 0 Å². The van der Waals surface area contributed by atoms with E-state index in [1.165, 1.54) is 30.4 Å². The fraction of sp³-hybridized carbons (Fsp3) is 0.692. The van der Waals surface area contributed by atoms with E-state index in [0.717, 1.165) is 11.8 Å². The van der Waals surface area contributed by atoms with Gasteiger partial charge in [-0.2, -0.15) is 0 Å². The lowest BCUT2D eigenvalue weighted by Gasteiger charge is -2.27. The zero-order valence-electron chi connectivity index (χ0n) is 9.27. The molecule has 0 N–H and O–H groups in total. The zero-order valence-corrected chi connectivity index (χ0v) is 9.27. The topological polar surface area (TPSA) is 0 Å². The highest BCUT2D eigenvalue weighted by molar-refractivity contribution is 5.25. The van der Waals surface area contributed by atoms with Gasteiger partial charge in [-0.15, -0.1) is 0 Å². The van der Waals surface area contributed by atoms with Crippen LogP contribution in [0.3, 0.4) is 0 Å². The smallest absolute Gasteiger partial charge is 0.00324 e. The van der Waals surface area contributed by atoms with E-state index in [0.29, 0.717) is 5.92 Å². The Bertz CT molecular complexity index is 194. The van der Waals surface area contributed by atoms with Crippen LogP contribution in [0.4, 0.5) is 0 Å². The third-order valence-electron chi connectivity index (χ3n) is 3.40. The van der Waals surface area contributed by atoms with Crippen LogP contribution < -0.4 is 0 Å². The van der Waals surface area contributed by atoms with Crippen molar-refractivity contribution in [2.24, 2.45) is 17.8 Å². The lowest BCUT2D eigenvalue weighted by Crippen LogP contribution is -2.19. The fourth-order valence-electron chi connectivity index (χ4n) is 2.62. The number of rotatable bonds is 3. The van der Waals surface area contributed by atoms with Gasteiger partial charge in [-0.3, -0.25) is 0 Å². The van der Waals surface area contributed by atoms with Crippen LogP contribution in [-0.2, 0) is 0 Å². The van der Waals surface area contributed by atoms with Gasteiger partial charge in [0.05, 0.1) is 0 Å². The van der Waals surface area contributed by atoms with Crippen molar-refractivity contribution in [1.29, 1.82) is 0 Å². The molecule has 0 aromatic heterocycles. The zero-order chi connectivity index (χ0) is 10.0. The summed E-state index contributed by atoms with van der Waals surface area (Å²) in [6.07, 6.45) is 3.60. The van der Waals surface area contributed by atoms with E-state index < -0.39 is 0 Å². The molecule has 1 fully saturated rings. The second kappa shape index (κ2) is 4.13. The van der Waals surface area contributed by atoms with Gasteiger partial charge in [-0.25, -0.2) is 0 Å². The molecule has 0 nitrogen and oxygen atoms in total. The molecular weight excluding hydrogens is 156 g/mol. The quantitative estimate of drug-likeness (QED) is 0.568. The molecule has 1 saturated carbocycles. The summed E-state index contributed by atoms with van der Waals surface area (Å²) in [6.45, 7) is 15.3. The van der Waals surface area contributed by atoms with Gasteiger partial charge in [0.15, 0.2) is 0 Å². The Morgan fingerprint density at radius 2 is 1.69 bits per heavy atom. The summed E-state index contributed by atoms with van der Waals surface area (Å²) in [6, 6.07) is 0. The maximum Gasteiger partial charge on any atom is 0.00324 e. The first-order valence-corrected chi connectivity index (χ1v) is 5.43. The first-order valence-electron chi connectivity index (χ1n) is 5.43. The minimum atomic E-state index is 0.616. The van der Waals surface area contributed by atoms with E-state index >= 15 is 0 Å². The summed E-state index contributed by atoms with van der Waals surface area (Å²) in [4.78, 5) is 0. The third-order valence-corrected chi connectivity index (χ3v) is 3.40. The predicted octanol–water partition coefficient (Wildman–Crippen LogP) is 4.19. The summed E-state index contributed by atoms with van der Waals surface area (Å²) in [5, 5.41) is 0. The molecule has 0 heterocycles. The van der Waals surface area contributed by atoms with Gasteiger partial charge in [0.1, 0.15) is 0 Å². The predicted molar refractivity (Wildman–Crippen MR) is 59.6 cm³/mol. The van der Waals surface area contributed by atoms with Crippen molar-refractivity contribution in [2.75, 3.05) is 0 Å². The molecule has 1 atom stereocenters. The van der Waals surface area contributed by atoms with E-state index in [-0.39, 0.29) is 0 Å². The minimum Gasteiger partial charge on any atom is -0.0992 e. The van der Waals surface area contributed by atoms with Crippen LogP contribution >= 0.6 is 0 Å². The summed E-state index contributed by atoms with van der Waals surface area (Å²) in [5.74, 6) is 2.13. The molecule has 0 radical (unpaired) electrons. The standard InChI is InChI=1S/C13H22/c1-6-12(9(2)3)13-10(4)7-8-11(13)5/h9,12-13H,4-8H2,1-3H3. The highest BCUT2D eigenvalue weighted by Gasteiger charge is 2.31. The van der Waals surface area contributed by atoms with Gasteiger partial charge < -0.3 is 0 Å². The molecular formula is C13H22. The molecule has 0 amide bonds. The number of allylic oxidation sites excluding steroid dienone is 2. The van der Waals surface area contributed by atoms with Crippen molar-refractivity contribution in [3.05, 3.63) is 24.3 Å². The summed E-state index contributed by atoms with van der Waals surface area (Å²) < 4.78 is 0. The second-order valence-corrected chi connectivity index (χ2v) is 4.61. The largest absolute Gasteiger partial charge is 0.0992 e. The molecule has 1 aliphatic rings. The SMILES string of the molecule is C=C1CCC(=C)C1C(CC)C(C)C. The number of hydrogen-bond donors (Lipinski definition) is 0. The van der Waals surface area contributed by atoms with Crippen LogP contribution in [0.25, 0.3) is 0 Å². The van der Waals surface area contributed by atoms with Crippen molar-refractivity contribution in [1.82, 2.24) is 0 Å². The molecule has 0 aliphatic heterocycles. The normalized spacial score (nSPS) is 21.5. The fourth-order valence-corrected chi connectivity index (χ4v) is 2.62. The maximum absolute atomic E-state index is 4.18. The Morgan fingerprint density at radius 1 is 1.23 bits per heavy atom. The van der Waals surface area contributed by atoms with Gasteiger partial charge in [0, 0.05) is 5.92 Å². The maximum atomic E-state index is 4.18. The monoisotopic (exact) mass is 178 g/mol. The molecule has 0 bridgehead atoms. The van der Waals surface area contributed by atoms with Gasteiger partial charge in [-0.05, 0) is 24.7 Å². The van der Waals surface area contributed by atoms with Crippen LogP contribution in [-0.4, -0.2) is 0 Å². The van der Waals surface area contributed by atoms with E-state index in [2.05, 4.69) is 33.9 Å². The Morgan fingerprint density at radius 3 is 2.00 bits per heavy atom. The summed E-state index contributed by atoms with van der Waals surface area (Å²) in [5.41, 5.74) is 2.84. The molecule has 74 valence electrons. The Hall–Kier alpha value is -0.520. The van der Waals surface area contributed by atoms with Crippen molar-refractivity contribution in [3.63, 3.8) is 0 Å².